The van der Waals surface area contributed by atoms with Crippen molar-refractivity contribution in [2.75, 3.05) is 5.32 Å². The maximum atomic E-state index is 12.8. The highest BCUT2D eigenvalue weighted by atomic mass is 32.1. The quantitative estimate of drug-likeness (QED) is 0.763. The van der Waals surface area contributed by atoms with Crippen LogP contribution in [0, 0.1) is 27.7 Å². The van der Waals surface area contributed by atoms with Crippen LogP contribution in [0.5, 0.6) is 0 Å². The molecule has 0 unspecified atom stereocenters. The Labute approximate surface area is 154 Å². The maximum absolute atomic E-state index is 12.8. The Bertz CT molecular complexity index is 1000. The SMILES string of the molecule is Cc1cnc(Cn2ccc(C)c(C(=O)Nc3nc(C)c(C)s3)c2=O)cn1. The van der Waals surface area contributed by atoms with E-state index in [-0.39, 0.29) is 17.7 Å². The predicted molar refractivity (Wildman–Crippen MR) is 101 cm³/mol. The molecule has 0 saturated heterocycles. The molecule has 0 bridgehead atoms. The molecule has 0 spiro atoms. The third-order valence-electron chi connectivity index (χ3n) is 4.02. The first kappa shape index (κ1) is 17.9. The van der Waals surface area contributed by atoms with Crippen LogP contribution in [0.15, 0.2) is 29.5 Å². The number of aromatic nitrogens is 4. The third-order valence-corrected chi connectivity index (χ3v) is 5.00. The van der Waals surface area contributed by atoms with Crippen molar-refractivity contribution in [1.82, 2.24) is 19.5 Å². The van der Waals surface area contributed by atoms with E-state index in [9.17, 15) is 9.59 Å². The van der Waals surface area contributed by atoms with Crippen LogP contribution in [-0.2, 0) is 6.54 Å². The fourth-order valence-corrected chi connectivity index (χ4v) is 3.24. The molecule has 3 heterocycles. The van der Waals surface area contributed by atoms with E-state index < -0.39 is 5.91 Å². The topological polar surface area (TPSA) is 89.8 Å². The number of carbonyl (C=O) groups is 1. The number of nitrogens with one attached hydrogen (secondary N) is 1. The van der Waals surface area contributed by atoms with Crippen molar-refractivity contribution >= 4 is 22.4 Å². The minimum atomic E-state index is -0.453. The molecule has 0 fully saturated rings. The van der Waals surface area contributed by atoms with E-state index in [1.54, 1.807) is 31.6 Å². The van der Waals surface area contributed by atoms with Crippen molar-refractivity contribution in [1.29, 1.82) is 0 Å². The Kier molecular flexibility index (Phi) is 4.94. The summed E-state index contributed by atoms with van der Waals surface area (Å²) in [5.74, 6) is -0.453. The summed E-state index contributed by atoms with van der Waals surface area (Å²) in [7, 11) is 0. The van der Waals surface area contributed by atoms with Crippen LogP contribution in [0.3, 0.4) is 0 Å². The Morgan fingerprint density at radius 2 is 1.96 bits per heavy atom. The van der Waals surface area contributed by atoms with Gasteiger partial charge in [0.05, 0.1) is 29.8 Å². The predicted octanol–water partition coefficient (Wildman–Crippen LogP) is 2.63. The number of pyridine rings is 1. The van der Waals surface area contributed by atoms with Gasteiger partial charge in [-0.2, -0.15) is 0 Å². The lowest BCUT2D eigenvalue weighted by atomic mass is 10.1. The molecule has 0 aliphatic heterocycles. The van der Waals surface area contributed by atoms with Gasteiger partial charge in [0.1, 0.15) is 5.56 Å². The summed E-state index contributed by atoms with van der Waals surface area (Å²) in [6, 6.07) is 1.75. The molecule has 0 atom stereocenters. The van der Waals surface area contributed by atoms with Crippen molar-refractivity contribution < 1.29 is 4.79 Å². The highest BCUT2D eigenvalue weighted by molar-refractivity contribution is 7.15. The number of carbonyl (C=O) groups excluding carboxylic acids is 1. The Morgan fingerprint density at radius 3 is 2.58 bits per heavy atom. The number of amides is 1. The minimum Gasteiger partial charge on any atom is -0.309 e. The lowest BCUT2D eigenvalue weighted by Crippen LogP contribution is -2.30. The van der Waals surface area contributed by atoms with Crippen molar-refractivity contribution in [2.45, 2.75) is 34.2 Å². The maximum Gasteiger partial charge on any atom is 0.264 e. The number of hydrogen-bond donors (Lipinski definition) is 1. The summed E-state index contributed by atoms with van der Waals surface area (Å²) < 4.78 is 1.46. The number of thiazole rings is 1. The molecule has 0 aromatic carbocycles. The van der Waals surface area contributed by atoms with E-state index in [1.165, 1.54) is 15.9 Å². The van der Waals surface area contributed by atoms with Gasteiger partial charge in [-0.3, -0.25) is 24.9 Å². The zero-order valence-corrected chi connectivity index (χ0v) is 15.8. The fraction of sp³-hybridized carbons (Fsp3) is 0.278. The van der Waals surface area contributed by atoms with Crippen molar-refractivity contribution in [3.05, 3.63) is 68.1 Å². The van der Waals surface area contributed by atoms with Crippen molar-refractivity contribution in [3.8, 4) is 0 Å². The number of aryl methyl sites for hydroxylation is 4. The molecule has 0 saturated carbocycles. The van der Waals surface area contributed by atoms with Gasteiger partial charge in [0.25, 0.3) is 11.5 Å². The second-order valence-corrected chi connectivity index (χ2v) is 7.27. The monoisotopic (exact) mass is 369 g/mol. The van der Waals surface area contributed by atoms with Crippen LogP contribution in [0.25, 0.3) is 0 Å². The summed E-state index contributed by atoms with van der Waals surface area (Å²) in [6.45, 7) is 7.66. The molecule has 1 amide bonds. The average molecular weight is 369 g/mol. The fourth-order valence-electron chi connectivity index (χ4n) is 2.43. The molecule has 8 heteroatoms. The molecular formula is C18H19N5O2S. The van der Waals surface area contributed by atoms with Crippen LogP contribution in [0.1, 0.15) is 37.9 Å². The summed E-state index contributed by atoms with van der Waals surface area (Å²) >= 11 is 1.39. The first-order valence-electron chi connectivity index (χ1n) is 8.08. The Morgan fingerprint density at radius 1 is 1.19 bits per heavy atom. The molecule has 3 aromatic rings. The highest BCUT2D eigenvalue weighted by Crippen LogP contribution is 2.21. The summed E-state index contributed by atoms with van der Waals surface area (Å²) in [6.07, 6.45) is 4.94. The van der Waals surface area contributed by atoms with Gasteiger partial charge in [-0.05, 0) is 39.3 Å². The van der Waals surface area contributed by atoms with Gasteiger partial charge >= 0.3 is 0 Å². The van der Waals surface area contributed by atoms with Crippen LogP contribution in [0.4, 0.5) is 5.13 Å². The molecule has 0 radical (unpaired) electrons. The molecule has 3 aromatic heterocycles. The van der Waals surface area contributed by atoms with Gasteiger partial charge in [-0.25, -0.2) is 4.98 Å². The average Bonchev–Trinajstić information content (AvgIpc) is 2.90. The van der Waals surface area contributed by atoms with E-state index in [0.29, 0.717) is 16.4 Å². The molecule has 0 aliphatic carbocycles. The second kappa shape index (κ2) is 7.17. The Hall–Kier alpha value is -2.87. The van der Waals surface area contributed by atoms with E-state index in [1.807, 2.05) is 20.8 Å². The summed E-state index contributed by atoms with van der Waals surface area (Å²) in [4.78, 5) is 39.2. The first-order valence-corrected chi connectivity index (χ1v) is 8.89. The standard InChI is InChI=1S/C18H19N5O2S/c1-10-5-6-23(9-14-8-19-11(2)7-20-14)17(25)15(10)16(24)22-18-21-12(3)13(4)26-18/h5-8H,9H2,1-4H3,(H,21,22,24). The van der Waals surface area contributed by atoms with Gasteiger partial charge < -0.3 is 4.57 Å². The van der Waals surface area contributed by atoms with Crippen LogP contribution < -0.4 is 10.9 Å². The molecule has 26 heavy (non-hydrogen) atoms. The molecule has 7 nitrogen and oxygen atoms in total. The summed E-state index contributed by atoms with van der Waals surface area (Å²) in [5, 5.41) is 3.22. The van der Waals surface area contributed by atoms with Gasteiger partial charge in [0.15, 0.2) is 5.13 Å². The molecular weight excluding hydrogens is 350 g/mol. The molecule has 134 valence electrons. The van der Waals surface area contributed by atoms with E-state index in [4.69, 9.17) is 0 Å². The Balaban J connectivity index is 1.90. The van der Waals surface area contributed by atoms with Crippen molar-refractivity contribution in [2.24, 2.45) is 0 Å². The zero-order valence-electron chi connectivity index (χ0n) is 15.0. The number of rotatable bonds is 4. The molecule has 0 aliphatic rings. The van der Waals surface area contributed by atoms with Crippen LogP contribution in [-0.4, -0.2) is 25.4 Å². The lowest BCUT2D eigenvalue weighted by molar-refractivity contribution is 0.102. The van der Waals surface area contributed by atoms with E-state index >= 15 is 0 Å². The zero-order chi connectivity index (χ0) is 18.8. The number of nitrogens with zero attached hydrogens (tertiary/aromatic N) is 4. The first-order chi connectivity index (χ1) is 12.3. The van der Waals surface area contributed by atoms with E-state index in [0.717, 1.165) is 16.3 Å². The highest BCUT2D eigenvalue weighted by Gasteiger charge is 2.18. The van der Waals surface area contributed by atoms with Gasteiger partial charge in [-0.15, -0.1) is 11.3 Å². The molecule has 3 rings (SSSR count). The second-order valence-electron chi connectivity index (χ2n) is 6.07. The van der Waals surface area contributed by atoms with E-state index in [2.05, 4.69) is 20.3 Å². The van der Waals surface area contributed by atoms with Crippen LogP contribution >= 0.6 is 11.3 Å². The number of anilines is 1. The van der Waals surface area contributed by atoms with Gasteiger partial charge in [-0.1, -0.05) is 0 Å². The number of hydrogen-bond acceptors (Lipinski definition) is 6. The normalized spacial score (nSPS) is 10.8. The van der Waals surface area contributed by atoms with Crippen LogP contribution in [0.2, 0.25) is 0 Å². The molecule has 1 N–H and O–H groups in total. The van der Waals surface area contributed by atoms with Crippen molar-refractivity contribution in [3.63, 3.8) is 0 Å². The van der Waals surface area contributed by atoms with Gasteiger partial charge in [0.2, 0.25) is 0 Å². The van der Waals surface area contributed by atoms with Gasteiger partial charge in [0, 0.05) is 17.3 Å². The third kappa shape index (κ3) is 3.70. The largest absolute Gasteiger partial charge is 0.309 e. The lowest BCUT2D eigenvalue weighted by Gasteiger charge is -2.10. The summed E-state index contributed by atoms with van der Waals surface area (Å²) in [5.41, 5.74) is 2.68. The minimum absolute atomic E-state index is 0.109. The smallest absolute Gasteiger partial charge is 0.264 e.